The lowest BCUT2D eigenvalue weighted by Crippen LogP contribution is -1.98. The van der Waals surface area contributed by atoms with E-state index in [1.165, 1.54) is 0 Å². The van der Waals surface area contributed by atoms with Crippen molar-refractivity contribution in [3.05, 3.63) is 24.2 Å². The molecular weight excluding hydrogens is 192 g/mol. The van der Waals surface area contributed by atoms with Gasteiger partial charge < -0.3 is 10.5 Å². The van der Waals surface area contributed by atoms with Crippen molar-refractivity contribution in [3.63, 3.8) is 0 Å². The van der Waals surface area contributed by atoms with Crippen molar-refractivity contribution in [2.75, 3.05) is 19.5 Å². The molecule has 0 atom stereocenters. The van der Waals surface area contributed by atoms with Crippen LogP contribution in [0.2, 0.25) is 0 Å². The summed E-state index contributed by atoms with van der Waals surface area (Å²) >= 11 is 0. The maximum atomic E-state index is 5.65. The summed E-state index contributed by atoms with van der Waals surface area (Å²) in [5.41, 5.74) is 7.15. The molecule has 0 saturated carbocycles. The van der Waals surface area contributed by atoms with Crippen LogP contribution in [0.3, 0.4) is 0 Å². The van der Waals surface area contributed by atoms with Gasteiger partial charge in [0.15, 0.2) is 5.65 Å². The molecule has 80 valence electrons. The Balaban J connectivity index is 2.21. The minimum Gasteiger partial charge on any atom is -0.399 e. The fourth-order valence-corrected chi connectivity index (χ4v) is 1.50. The first kappa shape index (κ1) is 9.92. The molecule has 0 aliphatic carbocycles. The van der Waals surface area contributed by atoms with Gasteiger partial charge in [-0.05, 0) is 12.5 Å². The Morgan fingerprint density at radius 1 is 1.47 bits per heavy atom. The molecule has 5 nitrogen and oxygen atoms in total. The molecule has 0 aliphatic heterocycles. The van der Waals surface area contributed by atoms with Crippen molar-refractivity contribution in [2.24, 2.45) is 0 Å². The molecule has 2 heterocycles. The zero-order valence-corrected chi connectivity index (χ0v) is 8.68. The van der Waals surface area contributed by atoms with E-state index in [2.05, 4.69) is 10.2 Å². The van der Waals surface area contributed by atoms with Gasteiger partial charge in [-0.1, -0.05) is 0 Å². The molecule has 2 rings (SSSR count). The quantitative estimate of drug-likeness (QED) is 0.754. The van der Waals surface area contributed by atoms with Crippen molar-refractivity contribution < 1.29 is 4.74 Å². The van der Waals surface area contributed by atoms with E-state index in [-0.39, 0.29) is 0 Å². The van der Waals surface area contributed by atoms with Gasteiger partial charge in [0.2, 0.25) is 0 Å². The summed E-state index contributed by atoms with van der Waals surface area (Å²) < 4.78 is 6.94. The Morgan fingerprint density at radius 3 is 3.13 bits per heavy atom. The van der Waals surface area contributed by atoms with Crippen LogP contribution >= 0.6 is 0 Å². The van der Waals surface area contributed by atoms with Crippen LogP contribution in [-0.2, 0) is 11.2 Å². The van der Waals surface area contributed by atoms with Gasteiger partial charge in [-0.15, -0.1) is 10.2 Å². The zero-order chi connectivity index (χ0) is 10.7. The third-order valence-corrected chi connectivity index (χ3v) is 2.25. The largest absolute Gasteiger partial charge is 0.399 e. The second-order valence-corrected chi connectivity index (χ2v) is 3.40. The fraction of sp³-hybridized carbons (Fsp3) is 0.400. The van der Waals surface area contributed by atoms with E-state index in [1.807, 2.05) is 22.7 Å². The molecule has 0 amide bonds. The summed E-state index contributed by atoms with van der Waals surface area (Å²) in [5, 5.41) is 8.16. The lowest BCUT2D eigenvalue weighted by atomic mass is 10.3. The Morgan fingerprint density at radius 2 is 2.33 bits per heavy atom. The van der Waals surface area contributed by atoms with Crippen molar-refractivity contribution in [1.29, 1.82) is 0 Å². The van der Waals surface area contributed by atoms with Gasteiger partial charge in [-0.2, -0.15) is 0 Å². The molecule has 2 aromatic heterocycles. The number of hydrogen-bond donors (Lipinski definition) is 1. The molecule has 2 N–H and O–H groups in total. The number of methoxy groups -OCH3 is 1. The molecule has 0 fully saturated rings. The van der Waals surface area contributed by atoms with Gasteiger partial charge in [0.25, 0.3) is 0 Å². The summed E-state index contributed by atoms with van der Waals surface area (Å²) in [6.45, 7) is 0.740. The SMILES string of the molecule is COCCCc1nnc2cc(N)ccn12. The number of nitrogens with zero attached hydrogens (tertiary/aromatic N) is 3. The van der Waals surface area contributed by atoms with Crippen LogP contribution in [0.4, 0.5) is 5.69 Å². The molecule has 5 heteroatoms. The van der Waals surface area contributed by atoms with Gasteiger partial charge in [0, 0.05) is 38.1 Å². The Bertz CT molecular complexity index is 452. The maximum absolute atomic E-state index is 5.65. The van der Waals surface area contributed by atoms with E-state index in [4.69, 9.17) is 10.5 Å². The van der Waals surface area contributed by atoms with Gasteiger partial charge in [0.1, 0.15) is 5.82 Å². The average molecular weight is 206 g/mol. The van der Waals surface area contributed by atoms with E-state index >= 15 is 0 Å². The lowest BCUT2D eigenvalue weighted by molar-refractivity contribution is 0.194. The predicted octanol–water partition coefficient (Wildman–Crippen LogP) is 0.890. The Labute approximate surface area is 87.9 Å². The van der Waals surface area contributed by atoms with E-state index in [0.29, 0.717) is 5.69 Å². The minimum atomic E-state index is 0.707. The number of anilines is 1. The highest BCUT2D eigenvalue weighted by Crippen LogP contribution is 2.09. The second-order valence-electron chi connectivity index (χ2n) is 3.40. The first-order chi connectivity index (χ1) is 7.31. The lowest BCUT2D eigenvalue weighted by Gasteiger charge is -1.99. The van der Waals surface area contributed by atoms with Gasteiger partial charge in [0.05, 0.1) is 0 Å². The number of ether oxygens (including phenoxy) is 1. The van der Waals surface area contributed by atoms with Crippen LogP contribution < -0.4 is 5.73 Å². The summed E-state index contributed by atoms with van der Waals surface area (Å²) in [4.78, 5) is 0. The molecule has 0 aromatic carbocycles. The number of fused-ring (bicyclic) bond motifs is 1. The number of nitrogen functional groups attached to an aromatic ring is 1. The van der Waals surface area contributed by atoms with Crippen LogP contribution in [0.15, 0.2) is 18.3 Å². The van der Waals surface area contributed by atoms with E-state index < -0.39 is 0 Å². The summed E-state index contributed by atoms with van der Waals surface area (Å²) in [6, 6.07) is 3.66. The molecule has 0 saturated heterocycles. The highest BCUT2D eigenvalue weighted by atomic mass is 16.5. The number of rotatable bonds is 4. The van der Waals surface area contributed by atoms with E-state index in [0.717, 1.165) is 30.9 Å². The molecular formula is C10H14N4O. The van der Waals surface area contributed by atoms with Crippen molar-refractivity contribution >= 4 is 11.3 Å². The van der Waals surface area contributed by atoms with Gasteiger partial charge in [-0.3, -0.25) is 4.40 Å². The van der Waals surface area contributed by atoms with Crippen LogP contribution in [0.25, 0.3) is 5.65 Å². The summed E-state index contributed by atoms with van der Waals surface area (Å²) in [7, 11) is 1.70. The molecule has 0 unspecified atom stereocenters. The maximum Gasteiger partial charge on any atom is 0.162 e. The first-order valence-electron chi connectivity index (χ1n) is 4.89. The molecule has 0 aliphatic rings. The van der Waals surface area contributed by atoms with Crippen molar-refractivity contribution in [2.45, 2.75) is 12.8 Å². The van der Waals surface area contributed by atoms with E-state index in [9.17, 15) is 0 Å². The number of aromatic nitrogens is 3. The molecule has 0 bridgehead atoms. The third-order valence-electron chi connectivity index (χ3n) is 2.25. The Kier molecular flexibility index (Phi) is 2.82. The topological polar surface area (TPSA) is 65.4 Å². The monoisotopic (exact) mass is 206 g/mol. The van der Waals surface area contributed by atoms with Gasteiger partial charge in [-0.25, -0.2) is 0 Å². The number of hydrogen-bond acceptors (Lipinski definition) is 4. The normalized spacial score (nSPS) is 11.0. The first-order valence-corrected chi connectivity index (χ1v) is 4.89. The number of nitrogens with two attached hydrogens (primary N) is 1. The smallest absolute Gasteiger partial charge is 0.162 e. The molecule has 15 heavy (non-hydrogen) atoms. The second kappa shape index (κ2) is 4.27. The van der Waals surface area contributed by atoms with E-state index in [1.54, 1.807) is 7.11 Å². The third kappa shape index (κ3) is 2.07. The van der Waals surface area contributed by atoms with Crippen LogP contribution in [-0.4, -0.2) is 28.3 Å². The number of aryl methyl sites for hydroxylation is 1. The van der Waals surface area contributed by atoms with Crippen LogP contribution in [0.5, 0.6) is 0 Å². The Hall–Kier alpha value is -1.62. The highest BCUT2D eigenvalue weighted by Gasteiger charge is 2.04. The molecule has 0 radical (unpaired) electrons. The van der Waals surface area contributed by atoms with Crippen molar-refractivity contribution in [1.82, 2.24) is 14.6 Å². The number of pyridine rings is 1. The molecule has 2 aromatic rings. The van der Waals surface area contributed by atoms with Crippen molar-refractivity contribution in [3.8, 4) is 0 Å². The summed E-state index contributed by atoms with van der Waals surface area (Å²) in [5.74, 6) is 0.946. The van der Waals surface area contributed by atoms with Crippen LogP contribution in [0, 0.1) is 0 Å². The van der Waals surface area contributed by atoms with Gasteiger partial charge >= 0.3 is 0 Å². The van der Waals surface area contributed by atoms with Crippen LogP contribution in [0.1, 0.15) is 12.2 Å². The zero-order valence-electron chi connectivity index (χ0n) is 8.68. The minimum absolute atomic E-state index is 0.707. The molecule has 0 spiro atoms. The standard InChI is InChI=1S/C10H14N4O/c1-15-6-2-3-9-12-13-10-7-8(11)4-5-14(9)10/h4-5,7H,2-3,6,11H2,1H3. The predicted molar refractivity (Wildman–Crippen MR) is 57.6 cm³/mol. The summed E-state index contributed by atoms with van der Waals surface area (Å²) in [6.07, 6.45) is 3.70. The average Bonchev–Trinajstić information content (AvgIpc) is 2.61. The highest BCUT2D eigenvalue weighted by molar-refractivity contribution is 5.51. The fourth-order valence-electron chi connectivity index (χ4n) is 1.50.